The molecule has 2 aromatic rings. The molecule has 1 aliphatic heterocycles. The average Bonchev–Trinajstić information content (AvgIpc) is 2.91. The van der Waals surface area contributed by atoms with Gasteiger partial charge >= 0.3 is 0 Å². The molecule has 1 aromatic heterocycles. The highest BCUT2D eigenvalue weighted by atomic mass is 16.1. The van der Waals surface area contributed by atoms with Crippen molar-refractivity contribution in [3.05, 3.63) is 47.9 Å². The van der Waals surface area contributed by atoms with Gasteiger partial charge in [-0.1, -0.05) is 45.7 Å². The van der Waals surface area contributed by atoms with Gasteiger partial charge in [-0.25, -0.2) is 9.97 Å². The molecule has 1 N–H and O–H groups in total. The van der Waals surface area contributed by atoms with E-state index in [0.29, 0.717) is 5.69 Å². The number of nitrogens with zero attached hydrogens (tertiary/aromatic N) is 3. The van der Waals surface area contributed by atoms with E-state index < -0.39 is 0 Å². The van der Waals surface area contributed by atoms with Gasteiger partial charge in [-0.15, -0.1) is 0 Å². The van der Waals surface area contributed by atoms with Crippen LogP contribution in [0.1, 0.15) is 62.5 Å². The number of carbonyl (C=O) groups excluding carboxylic acids is 1. The molecule has 0 spiro atoms. The summed E-state index contributed by atoms with van der Waals surface area (Å²) in [6.07, 6.45) is 8.21. The Kier molecular flexibility index (Phi) is 5.55. The summed E-state index contributed by atoms with van der Waals surface area (Å²) in [5.41, 5.74) is 2.43. The van der Waals surface area contributed by atoms with Crippen molar-refractivity contribution in [2.75, 3.05) is 23.3 Å². The van der Waals surface area contributed by atoms with Crippen LogP contribution in [0.5, 0.6) is 0 Å². The molecule has 5 nitrogen and oxygen atoms in total. The van der Waals surface area contributed by atoms with Crippen LogP contribution in [-0.2, 0) is 5.41 Å². The summed E-state index contributed by atoms with van der Waals surface area (Å²) < 4.78 is 0. The fourth-order valence-corrected chi connectivity index (χ4v) is 3.15. The van der Waals surface area contributed by atoms with Gasteiger partial charge in [-0.3, -0.25) is 4.79 Å². The molecule has 0 radical (unpaired) electrons. The summed E-state index contributed by atoms with van der Waals surface area (Å²) in [6, 6.07) is 7.95. The molecule has 138 valence electrons. The first-order valence-electron chi connectivity index (χ1n) is 9.42. The van der Waals surface area contributed by atoms with E-state index in [-0.39, 0.29) is 11.3 Å². The van der Waals surface area contributed by atoms with Crippen molar-refractivity contribution >= 4 is 17.4 Å². The van der Waals surface area contributed by atoms with Crippen molar-refractivity contribution in [2.45, 2.75) is 51.9 Å². The minimum Gasteiger partial charge on any atom is -0.355 e. The van der Waals surface area contributed by atoms with E-state index in [1.54, 1.807) is 12.4 Å². The molecule has 0 bridgehead atoms. The fraction of sp³-hybridized carbons (Fsp3) is 0.476. The van der Waals surface area contributed by atoms with E-state index in [0.717, 1.165) is 24.6 Å². The number of benzene rings is 1. The summed E-state index contributed by atoms with van der Waals surface area (Å²) >= 11 is 0. The van der Waals surface area contributed by atoms with Crippen molar-refractivity contribution in [1.82, 2.24) is 9.97 Å². The van der Waals surface area contributed by atoms with E-state index in [1.165, 1.54) is 31.2 Å². The standard InChI is InChI=1S/C21H28N4O/c1-21(2,3)16-8-10-17(11-9-16)24-20(26)18-14-23-19(15-22-18)25-12-6-4-5-7-13-25/h8-11,14-15H,4-7,12-13H2,1-3H3,(H,24,26). The molecule has 26 heavy (non-hydrogen) atoms. The Morgan fingerprint density at radius 3 is 2.15 bits per heavy atom. The highest BCUT2D eigenvalue weighted by Crippen LogP contribution is 2.23. The Hall–Kier alpha value is -2.43. The number of carbonyl (C=O) groups is 1. The van der Waals surface area contributed by atoms with E-state index >= 15 is 0 Å². The number of aromatic nitrogens is 2. The maximum atomic E-state index is 12.4. The summed E-state index contributed by atoms with van der Waals surface area (Å²) in [4.78, 5) is 23.4. The SMILES string of the molecule is CC(C)(C)c1ccc(NC(=O)c2cnc(N3CCCCCC3)cn2)cc1. The molecule has 1 aliphatic rings. The first-order valence-corrected chi connectivity index (χ1v) is 9.42. The molecule has 0 unspecified atom stereocenters. The van der Waals surface area contributed by atoms with Gasteiger partial charge < -0.3 is 10.2 Å². The predicted octanol–water partition coefficient (Wildman–Crippen LogP) is 4.41. The second-order valence-electron chi connectivity index (χ2n) is 7.94. The van der Waals surface area contributed by atoms with Crippen LogP contribution >= 0.6 is 0 Å². The third-order valence-corrected chi connectivity index (χ3v) is 4.81. The zero-order valence-corrected chi connectivity index (χ0v) is 16.0. The van der Waals surface area contributed by atoms with E-state index in [9.17, 15) is 4.79 Å². The highest BCUT2D eigenvalue weighted by Gasteiger charge is 2.15. The average molecular weight is 352 g/mol. The van der Waals surface area contributed by atoms with Crippen molar-refractivity contribution in [2.24, 2.45) is 0 Å². The Morgan fingerprint density at radius 2 is 1.62 bits per heavy atom. The van der Waals surface area contributed by atoms with Crippen LogP contribution in [0.25, 0.3) is 0 Å². The number of hydrogen-bond donors (Lipinski definition) is 1. The zero-order valence-electron chi connectivity index (χ0n) is 16.0. The minimum atomic E-state index is -0.233. The number of anilines is 2. The molecular formula is C21H28N4O. The van der Waals surface area contributed by atoms with Crippen LogP contribution in [0.3, 0.4) is 0 Å². The fourth-order valence-electron chi connectivity index (χ4n) is 3.15. The summed E-state index contributed by atoms with van der Waals surface area (Å²) in [7, 11) is 0. The first kappa shape index (κ1) is 18.4. The molecule has 1 aromatic carbocycles. The van der Waals surface area contributed by atoms with Crippen LogP contribution < -0.4 is 10.2 Å². The molecule has 0 saturated carbocycles. The smallest absolute Gasteiger partial charge is 0.275 e. The molecule has 0 aliphatic carbocycles. The van der Waals surface area contributed by atoms with Gasteiger partial charge in [0.1, 0.15) is 11.5 Å². The van der Waals surface area contributed by atoms with Gasteiger partial charge in [-0.2, -0.15) is 0 Å². The van der Waals surface area contributed by atoms with Gasteiger partial charge in [0.05, 0.1) is 12.4 Å². The monoisotopic (exact) mass is 352 g/mol. The lowest BCUT2D eigenvalue weighted by Crippen LogP contribution is -2.25. The van der Waals surface area contributed by atoms with Crippen LogP contribution in [0, 0.1) is 0 Å². The molecule has 1 amide bonds. The van der Waals surface area contributed by atoms with Gasteiger partial charge in [0.2, 0.25) is 0 Å². The lowest BCUT2D eigenvalue weighted by molar-refractivity contribution is 0.102. The maximum absolute atomic E-state index is 12.4. The molecule has 3 rings (SSSR count). The number of hydrogen-bond acceptors (Lipinski definition) is 4. The Morgan fingerprint density at radius 1 is 0.962 bits per heavy atom. The van der Waals surface area contributed by atoms with Crippen LogP contribution in [0.2, 0.25) is 0 Å². The lowest BCUT2D eigenvalue weighted by Gasteiger charge is -2.20. The summed E-state index contributed by atoms with van der Waals surface area (Å²) in [6.45, 7) is 8.53. The van der Waals surface area contributed by atoms with Crippen molar-refractivity contribution in [1.29, 1.82) is 0 Å². The van der Waals surface area contributed by atoms with Crippen LogP contribution in [0.4, 0.5) is 11.5 Å². The first-order chi connectivity index (χ1) is 12.4. The van der Waals surface area contributed by atoms with Crippen molar-refractivity contribution in [3.8, 4) is 0 Å². The highest BCUT2D eigenvalue weighted by molar-refractivity contribution is 6.02. The lowest BCUT2D eigenvalue weighted by atomic mass is 9.87. The molecule has 5 heteroatoms. The maximum Gasteiger partial charge on any atom is 0.275 e. The van der Waals surface area contributed by atoms with Crippen molar-refractivity contribution in [3.63, 3.8) is 0 Å². The molecule has 0 atom stereocenters. The topological polar surface area (TPSA) is 58.1 Å². The van der Waals surface area contributed by atoms with E-state index in [4.69, 9.17) is 0 Å². The van der Waals surface area contributed by atoms with Crippen LogP contribution in [0.15, 0.2) is 36.7 Å². The quantitative estimate of drug-likeness (QED) is 0.889. The number of amides is 1. The largest absolute Gasteiger partial charge is 0.355 e. The summed E-state index contributed by atoms with van der Waals surface area (Å²) in [5.74, 6) is 0.626. The van der Waals surface area contributed by atoms with E-state index in [1.807, 2.05) is 24.3 Å². The van der Waals surface area contributed by atoms with Gasteiger partial charge in [0.15, 0.2) is 0 Å². The number of rotatable bonds is 3. The second kappa shape index (κ2) is 7.85. The number of nitrogens with one attached hydrogen (secondary N) is 1. The molecule has 1 saturated heterocycles. The molecule has 1 fully saturated rings. The Balaban J connectivity index is 1.64. The Labute approximate surface area is 155 Å². The van der Waals surface area contributed by atoms with Gasteiger partial charge in [0, 0.05) is 18.8 Å². The van der Waals surface area contributed by atoms with Gasteiger partial charge in [0.25, 0.3) is 5.91 Å². The summed E-state index contributed by atoms with van der Waals surface area (Å²) in [5, 5.41) is 2.89. The third kappa shape index (κ3) is 4.59. The zero-order chi connectivity index (χ0) is 18.6. The van der Waals surface area contributed by atoms with Crippen molar-refractivity contribution < 1.29 is 4.79 Å². The Bertz CT molecular complexity index is 724. The molecule has 2 heterocycles. The second-order valence-corrected chi connectivity index (χ2v) is 7.94. The van der Waals surface area contributed by atoms with Gasteiger partial charge in [-0.05, 0) is 36.0 Å². The predicted molar refractivity (Wildman–Crippen MR) is 106 cm³/mol. The van der Waals surface area contributed by atoms with Crippen LogP contribution in [-0.4, -0.2) is 29.0 Å². The van der Waals surface area contributed by atoms with E-state index in [2.05, 4.69) is 41.0 Å². The third-order valence-electron chi connectivity index (χ3n) is 4.81. The normalized spacial score (nSPS) is 15.4. The molecular weight excluding hydrogens is 324 g/mol. The minimum absolute atomic E-state index is 0.0944.